The van der Waals surface area contributed by atoms with E-state index in [1.807, 2.05) is 0 Å². The Balaban J connectivity index is 1.99. The Morgan fingerprint density at radius 1 is 1.50 bits per heavy atom. The third kappa shape index (κ3) is 3.16. The van der Waals surface area contributed by atoms with E-state index < -0.39 is 0 Å². The normalized spacial score (nSPS) is 14.8. The first-order chi connectivity index (χ1) is 8.81. The van der Waals surface area contributed by atoms with Crippen LogP contribution in [0.2, 0.25) is 0 Å². The first-order valence-corrected chi connectivity index (χ1v) is 6.16. The van der Waals surface area contributed by atoms with Crippen LogP contribution in [0.25, 0.3) is 0 Å². The Bertz CT molecular complexity index is 405. The van der Waals surface area contributed by atoms with Gasteiger partial charge in [0.25, 0.3) is 5.91 Å². The summed E-state index contributed by atoms with van der Waals surface area (Å²) in [5, 5.41) is 2.74. The predicted octanol–water partition coefficient (Wildman–Crippen LogP) is 0.453. The molecule has 18 heavy (non-hydrogen) atoms. The quantitative estimate of drug-likeness (QED) is 0.769. The third-order valence-corrected chi connectivity index (χ3v) is 2.86. The molecule has 0 aliphatic carbocycles. The molecule has 6 heteroatoms. The molecule has 1 N–H and O–H groups in total. The third-order valence-electron chi connectivity index (χ3n) is 2.86. The molecule has 0 bridgehead atoms. The summed E-state index contributed by atoms with van der Waals surface area (Å²) < 4.78 is 4.88. The number of methoxy groups -OCH3 is 1. The molecule has 0 atom stereocenters. The fraction of sp³-hybridized carbons (Fsp3) is 0.583. The Kier molecular flexibility index (Phi) is 4.46. The van der Waals surface area contributed by atoms with Crippen LogP contribution >= 0.6 is 0 Å². The maximum Gasteiger partial charge on any atom is 0.270 e. The second-order valence-electron chi connectivity index (χ2n) is 4.18. The summed E-state index contributed by atoms with van der Waals surface area (Å²) in [6.07, 6.45) is 3.95. The molecule has 98 valence electrons. The van der Waals surface area contributed by atoms with Crippen molar-refractivity contribution >= 4 is 11.9 Å². The predicted molar refractivity (Wildman–Crippen MR) is 67.7 cm³/mol. The molecule has 0 aromatic carbocycles. The number of ether oxygens (including phenoxy) is 1. The van der Waals surface area contributed by atoms with E-state index in [4.69, 9.17) is 4.74 Å². The average molecular weight is 250 g/mol. The Morgan fingerprint density at radius 3 is 3.00 bits per heavy atom. The standard InChI is InChI=1S/C12H18N4O2/c1-18-9-6-13-11(17)10-4-5-14-12(15-10)16-7-2-3-8-16/h4-5H,2-3,6-9H2,1H3,(H,13,17). The number of aromatic nitrogens is 2. The fourth-order valence-electron chi connectivity index (χ4n) is 1.90. The van der Waals surface area contributed by atoms with Gasteiger partial charge in [-0.2, -0.15) is 0 Å². The molecule has 1 aromatic heterocycles. The lowest BCUT2D eigenvalue weighted by molar-refractivity contribution is 0.0932. The molecular weight excluding hydrogens is 232 g/mol. The number of hydrogen-bond donors (Lipinski definition) is 1. The minimum atomic E-state index is -0.185. The highest BCUT2D eigenvalue weighted by Crippen LogP contribution is 2.15. The summed E-state index contributed by atoms with van der Waals surface area (Å²) in [7, 11) is 1.60. The van der Waals surface area contributed by atoms with Crippen LogP contribution in [0.1, 0.15) is 23.3 Å². The molecular formula is C12H18N4O2. The van der Waals surface area contributed by atoms with Crippen LogP contribution in [0.5, 0.6) is 0 Å². The van der Waals surface area contributed by atoms with E-state index in [2.05, 4.69) is 20.2 Å². The van der Waals surface area contributed by atoms with Crippen molar-refractivity contribution in [1.82, 2.24) is 15.3 Å². The summed E-state index contributed by atoms with van der Waals surface area (Å²) in [5.74, 6) is 0.460. The van der Waals surface area contributed by atoms with Gasteiger partial charge in [0.1, 0.15) is 5.69 Å². The fourth-order valence-corrected chi connectivity index (χ4v) is 1.90. The number of rotatable bonds is 5. The van der Waals surface area contributed by atoms with Gasteiger partial charge in [0.05, 0.1) is 6.61 Å². The number of hydrogen-bond acceptors (Lipinski definition) is 5. The summed E-state index contributed by atoms with van der Waals surface area (Å²) in [6, 6.07) is 1.63. The monoisotopic (exact) mass is 250 g/mol. The maximum atomic E-state index is 11.8. The van der Waals surface area contributed by atoms with E-state index in [1.165, 1.54) is 0 Å². The van der Waals surface area contributed by atoms with Crippen molar-refractivity contribution in [2.75, 3.05) is 38.3 Å². The van der Waals surface area contributed by atoms with Crippen molar-refractivity contribution in [2.24, 2.45) is 0 Å². The molecule has 1 amide bonds. The van der Waals surface area contributed by atoms with E-state index in [0.29, 0.717) is 24.8 Å². The topological polar surface area (TPSA) is 67.3 Å². The summed E-state index contributed by atoms with van der Waals surface area (Å²) in [4.78, 5) is 22.4. The second-order valence-corrected chi connectivity index (χ2v) is 4.18. The van der Waals surface area contributed by atoms with Crippen molar-refractivity contribution in [3.8, 4) is 0 Å². The van der Waals surface area contributed by atoms with E-state index in [9.17, 15) is 4.79 Å². The van der Waals surface area contributed by atoms with E-state index >= 15 is 0 Å². The van der Waals surface area contributed by atoms with Crippen LogP contribution in [0, 0.1) is 0 Å². The summed E-state index contributed by atoms with van der Waals surface area (Å²) in [5.41, 5.74) is 0.406. The minimum absolute atomic E-state index is 0.185. The lowest BCUT2D eigenvalue weighted by Crippen LogP contribution is -2.29. The van der Waals surface area contributed by atoms with Gasteiger partial charge in [0.2, 0.25) is 5.95 Å². The zero-order valence-electron chi connectivity index (χ0n) is 10.6. The van der Waals surface area contributed by atoms with Crippen LogP contribution in [0.4, 0.5) is 5.95 Å². The first-order valence-electron chi connectivity index (χ1n) is 6.16. The Hall–Kier alpha value is -1.69. The van der Waals surface area contributed by atoms with Gasteiger partial charge in [-0.05, 0) is 18.9 Å². The number of nitrogens with zero attached hydrogens (tertiary/aromatic N) is 3. The number of carbonyl (C=O) groups excluding carboxylic acids is 1. The molecule has 6 nitrogen and oxygen atoms in total. The molecule has 2 rings (SSSR count). The van der Waals surface area contributed by atoms with E-state index in [0.717, 1.165) is 25.9 Å². The van der Waals surface area contributed by atoms with Crippen molar-refractivity contribution < 1.29 is 9.53 Å². The molecule has 1 aliphatic heterocycles. The maximum absolute atomic E-state index is 11.8. The number of carbonyl (C=O) groups is 1. The molecule has 1 saturated heterocycles. The highest BCUT2D eigenvalue weighted by atomic mass is 16.5. The van der Waals surface area contributed by atoms with Crippen LogP contribution in [-0.4, -0.2) is 49.2 Å². The average Bonchev–Trinajstić information content (AvgIpc) is 2.93. The largest absolute Gasteiger partial charge is 0.383 e. The molecule has 1 aliphatic rings. The SMILES string of the molecule is COCCNC(=O)c1ccnc(N2CCCC2)n1. The smallest absolute Gasteiger partial charge is 0.270 e. The Morgan fingerprint density at radius 2 is 2.28 bits per heavy atom. The van der Waals surface area contributed by atoms with Gasteiger partial charge in [-0.25, -0.2) is 9.97 Å². The Labute approximate surface area is 106 Å². The first kappa shape index (κ1) is 12.8. The second kappa shape index (κ2) is 6.30. The highest BCUT2D eigenvalue weighted by Gasteiger charge is 2.16. The molecule has 0 unspecified atom stereocenters. The van der Waals surface area contributed by atoms with Gasteiger partial charge in [-0.15, -0.1) is 0 Å². The molecule has 2 heterocycles. The van der Waals surface area contributed by atoms with Crippen LogP contribution < -0.4 is 10.2 Å². The molecule has 0 radical (unpaired) electrons. The highest BCUT2D eigenvalue weighted by molar-refractivity contribution is 5.92. The molecule has 1 fully saturated rings. The zero-order valence-corrected chi connectivity index (χ0v) is 10.6. The zero-order chi connectivity index (χ0) is 12.8. The number of anilines is 1. The van der Waals surface area contributed by atoms with Crippen molar-refractivity contribution in [2.45, 2.75) is 12.8 Å². The van der Waals surface area contributed by atoms with Crippen LogP contribution in [0.3, 0.4) is 0 Å². The lowest BCUT2D eigenvalue weighted by atomic mass is 10.4. The van der Waals surface area contributed by atoms with E-state index in [-0.39, 0.29) is 5.91 Å². The molecule has 0 saturated carbocycles. The number of nitrogens with one attached hydrogen (secondary N) is 1. The van der Waals surface area contributed by atoms with Gasteiger partial charge in [-0.3, -0.25) is 4.79 Å². The lowest BCUT2D eigenvalue weighted by Gasteiger charge is -2.15. The van der Waals surface area contributed by atoms with Gasteiger partial charge in [-0.1, -0.05) is 0 Å². The van der Waals surface area contributed by atoms with Crippen LogP contribution in [-0.2, 0) is 4.74 Å². The minimum Gasteiger partial charge on any atom is -0.383 e. The summed E-state index contributed by atoms with van der Waals surface area (Å²) >= 11 is 0. The van der Waals surface area contributed by atoms with Gasteiger partial charge < -0.3 is 15.0 Å². The van der Waals surface area contributed by atoms with Gasteiger partial charge in [0.15, 0.2) is 0 Å². The van der Waals surface area contributed by atoms with Gasteiger partial charge >= 0.3 is 0 Å². The van der Waals surface area contributed by atoms with Crippen LogP contribution in [0.15, 0.2) is 12.3 Å². The van der Waals surface area contributed by atoms with Crippen molar-refractivity contribution in [1.29, 1.82) is 0 Å². The van der Waals surface area contributed by atoms with Crippen molar-refractivity contribution in [3.05, 3.63) is 18.0 Å². The number of amides is 1. The molecule has 1 aromatic rings. The van der Waals surface area contributed by atoms with Gasteiger partial charge in [0, 0.05) is 32.9 Å². The van der Waals surface area contributed by atoms with E-state index in [1.54, 1.807) is 19.4 Å². The van der Waals surface area contributed by atoms with Crippen molar-refractivity contribution in [3.63, 3.8) is 0 Å². The molecule has 0 spiro atoms. The summed E-state index contributed by atoms with van der Waals surface area (Å²) in [6.45, 7) is 2.91.